The number of hydrogen-bond donors (Lipinski definition) is 1. The van der Waals surface area contributed by atoms with Crippen LogP contribution in [0.2, 0.25) is 0 Å². The summed E-state index contributed by atoms with van der Waals surface area (Å²) in [6.07, 6.45) is 2.04. The van der Waals surface area contributed by atoms with Gasteiger partial charge in [-0.25, -0.2) is 8.42 Å². The van der Waals surface area contributed by atoms with Gasteiger partial charge in [0.1, 0.15) is 0 Å². The molecule has 3 rings (SSSR count). The smallest absolute Gasteiger partial charge is 0.243 e. The molecule has 1 amide bonds. The molecule has 2 saturated heterocycles. The lowest BCUT2D eigenvalue weighted by Crippen LogP contribution is -2.43. The summed E-state index contributed by atoms with van der Waals surface area (Å²) in [5, 5.41) is 3.01. The number of nitrogens with one attached hydrogen (secondary N) is 1. The number of benzene rings is 1. The Labute approximate surface area is 175 Å². The van der Waals surface area contributed by atoms with Crippen molar-refractivity contribution in [1.29, 1.82) is 0 Å². The SMILES string of the molecule is O=C(NCCCN1CCOCC1)C1CCN(S(=O)(=O)c2ccc(Br)cc2)CC1. The standard InChI is InChI=1S/C19H28BrN3O4S/c20-17-2-4-18(5-3-17)28(25,26)23-10-6-16(7-11-23)19(24)21-8-1-9-22-12-14-27-15-13-22/h2-5,16H,1,6-15H2,(H,21,24). The van der Waals surface area contributed by atoms with Crippen molar-refractivity contribution in [2.75, 3.05) is 52.5 Å². The van der Waals surface area contributed by atoms with Crippen LogP contribution in [0.25, 0.3) is 0 Å². The fourth-order valence-corrected chi connectivity index (χ4v) is 5.33. The highest BCUT2D eigenvalue weighted by Gasteiger charge is 2.31. The van der Waals surface area contributed by atoms with Crippen molar-refractivity contribution < 1.29 is 17.9 Å². The van der Waals surface area contributed by atoms with E-state index in [1.165, 1.54) is 4.31 Å². The monoisotopic (exact) mass is 473 g/mol. The summed E-state index contributed by atoms with van der Waals surface area (Å²) in [6.45, 7) is 5.87. The molecule has 2 aliphatic rings. The second-order valence-electron chi connectivity index (χ2n) is 7.23. The van der Waals surface area contributed by atoms with Gasteiger partial charge in [0.15, 0.2) is 0 Å². The summed E-state index contributed by atoms with van der Waals surface area (Å²) in [4.78, 5) is 15.0. The molecule has 0 spiro atoms. The molecule has 156 valence electrons. The minimum absolute atomic E-state index is 0.0441. The number of piperidine rings is 1. The zero-order chi connectivity index (χ0) is 20.0. The van der Waals surface area contributed by atoms with E-state index in [2.05, 4.69) is 26.1 Å². The largest absolute Gasteiger partial charge is 0.379 e. The van der Waals surface area contributed by atoms with E-state index in [1.54, 1.807) is 24.3 Å². The first-order chi connectivity index (χ1) is 13.5. The minimum atomic E-state index is -3.50. The van der Waals surface area contributed by atoms with Crippen LogP contribution in [0.4, 0.5) is 0 Å². The molecule has 2 heterocycles. The topological polar surface area (TPSA) is 79.0 Å². The molecule has 0 aromatic heterocycles. The lowest BCUT2D eigenvalue weighted by Gasteiger charge is -2.30. The first-order valence-corrected chi connectivity index (χ1v) is 12.0. The van der Waals surface area contributed by atoms with Gasteiger partial charge in [0.05, 0.1) is 18.1 Å². The van der Waals surface area contributed by atoms with Gasteiger partial charge in [0, 0.05) is 43.1 Å². The summed E-state index contributed by atoms with van der Waals surface area (Å²) in [6, 6.07) is 6.66. The Balaban J connectivity index is 1.40. The maximum absolute atomic E-state index is 12.7. The van der Waals surface area contributed by atoms with Gasteiger partial charge in [0.25, 0.3) is 0 Å². The zero-order valence-corrected chi connectivity index (χ0v) is 18.4. The number of carbonyl (C=O) groups is 1. The Kier molecular flexibility index (Phi) is 7.87. The molecule has 2 aliphatic heterocycles. The number of carbonyl (C=O) groups excluding carboxylic acids is 1. The number of sulfonamides is 1. The van der Waals surface area contributed by atoms with Gasteiger partial charge in [-0.2, -0.15) is 4.31 Å². The number of halogens is 1. The third-order valence-electron chi connectivity index (χ3n) is 5.33. The highest BCUT2D eigenvalue weighted by molar-refractivity contribution is 9.10. The highest BCUT2D eigenvalue weighted by atomic mass is 79.9. The molecule has 0 atom stereocenters. The second-order valence-corrected chi connectivity index (χ2v) is 10.1. The Morgan fingerprint density at radius 3 is 2.39 bits per heavy atom. The maximum atomic E-state index is 12.7. The quantitative estimate of drug-likeness (QED) is 0.609. The molecule has 1 aromatic rings. The van der Waals surface area contributed by atoms with E-state index in [1.807, 2.05) is 0 Å². The second kappa shape index (κ2) is 10.2. The van der Waals surface area contributed by atoms with E-state index in [4.69, 9.17) is 4.74 Å². The average molecular weight is 474 g/mol. The number of rotatable bonds is 7. The molecular formula is C19H28BrN3O4S. The molecule has 28 heavy (non-hydrogen) atoms. The van der Waals surface area contributed by atoms with Crippen molar-refractivity contribution in [3.8, 4) is 0 Å². The molecule has 0 unspecified atom stereocenters. The Hall–Kier alpha value is -1.00. The van der Waals surface area contributed by atoms with Crippen LogP contribution in [0.1, 0.15) is 19.3 Å². The van der Waals surface area contributed by atoms with Crippen molar-refractivity contribution >= 4 is 31.9 Å². The van der Waals surface area contributed by atoms with Gasteiger partial charge in [-0.3, -0.25) is 9.69 Å². The average Bonchev–Trinajstić information content (AvgIpc) is 2.72. The number of amides is 1. The summed E-state index contributed by atoms with van der Waals surface area (Å²) in [5.41, 5.74) is 0. The number of morpholine rings is 1. The first kappa shape index (κ1) is 21.7. The summed E-state index contributed by atoms with van der Waals surface area (Å²) in [7, 11) is -3.50. The van der Waals surface area contributed by atoms with Crippen molar-refractivity contribution in [2.45, 2.75) is 24.2 Å². The minimum Gasteiger partial charge on any atom is -0.379 e. The van der Waals surface area contributed by atoms with E-state index in [0.29, 0.717) is 37.4 Å². The molecule has 0 radical (unpaired) electrons. The molecule has 0 aliphatic carbocycles. The maximum Gasteiger partial charge on any atom is 0.243 e. The lowest BCUT2D eigenvalue weighted by atomic mass is 9.97. The third kappa shape index (κ3) is 5.76. The van der Waals surface area contributed by atoms with Crippen LogP contribution < -0.4 is 5.32 Å². The molecule has 2 fully saturated rings. The van der Waals surface area contributed by atoms with Crippen molar-refractivity contribution in [2.24, 2.45) is 5.92 Å². The van der Waals surface area contributed by atoms with Crippen molar-refractivity contribution in [3.63, 3.8) is 0 Å². The van der Waals surface area contributed by atoms with Crippen LogP contribution in [0.3, 0.4) is 0 Å². The Morgan fingerprint density at radius 1 is 1.11 bits per heavy atom. The molecule has 9 heteroatoms. The lowest BCUT2D eigenvalue weighted by molar-refractivity contribution is -0.126. The summed E-state index contributed by atoms with van der Waals surface area (Å²) >= 11 is 3.32. The normalized spacial score (nSPS) is 20.2. The highest BCUT2D eigenvalue weighted by Crippen LogP contribution is 2.25. The van der Waals surface area contributed by atoms with Gasteiger partial charge >= 0.3 is 0 Å². The molecule has 1 aromatic carbocycles. The van der Waals surface area contributed by atoms with Crippen LogP contribution in [0, 0.1) is 5.92 Å². The summed E-state index contributed by atoms with van der Waals surface area (Å²) in [5.74, 6) is -0.0672. The van der Waals surface area contributed by atoms with Gasteiger partial charge in [-0.15, -0.1) is 0 Å². The third-order valence-corrected chi connectivity index (χ3v) is 7.77. The van der Waals surface area contributed by atoms with E-state index in [-0.39, 0.29) is 11.8 Å². The van der Waals surface area contributed by atoms with Gasteiger partial charge < -0.3 is 10.1 Å². The molecule has 0 saturated carbocycles. The van der Waals surface area contributed by atoms with E-state index in [9.17, 15) is 13.2 Å². The number of ether oxygens (including phenoxy) is 1. The van der Waals surface area contributed by atoms with Crippen LogP contribution >= 0.6 is 15.9 Å². The Bertz CT molecular complexity index is 743. The van der Waals surface area contributed by atoms with E-state index >= 15 is 0 Å². The fraction of sp³-hybridized carbons (Fsp3) is 0.632. The van der Waals surface area contributed by atoms with Gasteiger partial charge in [-0.05, 0) is 50.1 Å². The molecule has 0 bridgehead atoms. The summed E-state index contributed by atoms with van der Waals surface area (Å²) < 4.78 is 33.1. The predicted molar refractivity (Wildman–Crippen MR) is 111 cm³/mol. The van der Waals surface area contributed by atoms with Crippen LogP contribution in [-0.4, -0.2) is 76.0 Å². The predicted octanol–water partition coefficient (Wildman–Crippen LogP) is 1.69. The fourth-order valence-electron chi connectivity index (χ4n) is 3.60. The number of hydrogen-bond acceptors (Lipinski definition) is 5. The molecular weight excluding hydrogens is 446 g/mol. The van der Waals surface area contributed by atoms with E-state index < -0.39 is 10.0 Å². The first-order valence-electron chi connectivity index (χ1n) is 9.80. The molecule has 7 nitrogen and oxygen atoms in total. The van der Waals surface area contributed by atoms with Crippen molar-refractivity contribution in [3.05, 3.63) is 28.7 Å². The Morgan fingerprint density at radius 2 is 1.75 bits per heavy atom. The van der Waals surface area contributed by atoms with Crippen LogP contribution in [0.15, 0.2) is 33.6 Å². The van der Waals surface area contributed by atoms with Crippen LogP contribution in [-0.2, 0) is 19.6 Å². The van der Waals surface area contributed by atoms with Crippen LogP contribution in [0.5, 0.6) is 0 Å². The number of nitrogens with zero attached hydrogens (tertiary/aromatic N) is 2. The van der Waals surface area contributed by atoms with Gasteiger partial charge in [0.2, 0.25) is 15.9 Å². The zero-order valence-electron chi connectivity index (χ0n) is 16.0. The van der Waals surface area contributed by atoms with Crippen molar-refractivity contribution in [1.82, 2.24) is 14.5 Å². The molecule has 1 N–H and O–H groups in total. The van der Waals surface area contributed by atoms with Gasteiger partial charge in [-0.1, -0.05) is 15.9 Å². The van der Waals surface area contributed by atoms with E-state index in [0.717, 1.165) is 43.7 Å².